The zero-order chi connectivity index (χ0) is 19.4. The molecule has 0 bridgehead atoms. The first-order chi connectivity index (χ1) is 13.0. The number of hydrogen-bond acceptors (Lipinski definition) is 7. The number of nitrogens with one attached hydrogen (secondary N) is 2. The molecule has 3 rings (SSSR count). The van der Waals surface area contributed by atoms with Gasteiger partial charge in [0.25, 0.3) is 5.91 Å². The second-order valence-corrected chi connectivity index (χ2v) is 6.80. The van der Waals surface area contributed by atoms with Gasteiger partial charge in [-0.05, 0) is 17.7 Å². The van der Waals surface area contributed by atoms with Gasteiger partial charge in [-0.1, -0.05) is 23.5 Å². The number of urea groups is 1. The number of imide groups is 1. The predicted molar refractivity (Wildman–Crippen MR) is 93.1 cm³/mol. The average molecular weight is 393 g/mol. The van der Waals surface area contributed by atoms with Crippen LogP contribution in [0.5, 0.6) is 0 Å². The third kappa shape index (κ3) is 4.63. The average Bonchev–Trinajstić information content (AvgIpc) is 3.15. The zero-order valence-corrected chi connectivity index (χ0v) is 15.1. The molecule has 1 saturated heterocycles. The van der Waals surface area contributed by atoms with E-state index < -0.39 is 29.7 Å². The third-order valence-corrected chi connectivity index (χ3v) is 4.52. The molecule has 1 fully saturated rings. The van der Waals surface area contributed by atoms with Crippen LogP contribution in [0.4, 0.5) is 14.3 Å². The molecule has 1 aliphatic heterocycles. The summed E-state index contributed by atoms with van der Waals surface area (Å²) < 4.78 is 18.2. The van der Waals surface area contributed by atoms with Crippen LogP contribution in [0.2, 0.25) is 0 Å². The molecule has 1 aliphatic rings. The van der Waals surface area contributed by atoms with Crippen molar-refractivity contribution in [3.05, 3.63) is 40.7 Å². The number of benzene rings is 1. The van der Waals surface area contributed by atoms with E-state index in [0.717, 1.165) is 16.2 Å². The van der Waals surface area contributed by atoms with Crippen LogP contribution in [-0.4, -0.2) is 46.1 Å². The number of carbonyl (C=O) groups excluding carboxylic acids is 3. The number of nitrogens with zero attached hydrogens (tertiary/aromatic N) is 3. The minimum atomic E-state index is -0.988. The Morgan fingerprint density at radius 1 is 1.41 bits per heavy atom. The van der Waals surface area contributed by atoms with Crippen LogP contribution >= 0.6 is 11.3 Å². The summed E-state index contributed by atoms with van der Waals surface area (Å²) in [5.41, 5.74) is 0.475. The fourth-order valence-corrected chi connectivity index (χ4v) is 3.25. The molecule has 2 N–H and O–H groups in total. The van der Waals surface area contributed by atoms with Crippen molar-refractivity contribution in [1.82, 2.24) is 20.4 Å². The molecule has 142 valence electrons. The van der Waals surface area contributed by atoms with Crippen molar-refractivity contribution in [1.29, 1.82) is 0 Å². The standard InChI is InChI=1S/C16H16FN5O4S/c1-26-8-13-20-21-15(27-13)19-12(23)6-11-14(24)22(16(25)18-11)7-9-3-2-4-10(17)5-9/h2-5,11H,6-8H2,1H3,(H,18,25)(H,19,21,23)/t11-/m1/s1. The van der Waals surface area contributed by atoms with Gasteiger partial charge in [0.2, 0.25) is 11.0 Å². The van der Waals surface area contributed by atoms with E-state index in [-0.39, 0.29) is 24.7 Å². The quantitative estimate of drug-likeness (QED) is 0.685. The zero-order valence-electron chi connectivity index (χ0n) is 14.3. The fraction of sp³-hybridized carbons (Fsp3) is 0.312. The Morgan fingerprint density at radius 3 is 2.96 bits per heavy atom. The van der Waals surface area contributed by atoms with Crippen molar-refractivity contribution in [3.8, 4) is 0 Å². The van der Waals surface area contributed by atoms with Crippen molar-refractivity contribution < 1.29 is 23.5 Å². The Kier molecular flexibility index (Phi) is 5.72. The summed E-state index contributed by atoms with van der Waals surface area (Å²) >= 11 is 1.15. The number of hydrogen-bond donors (Lipinski definition) is 2. The molecule has 4 amide bonds. The second-order valence-electron chi connectivity index (χ2n) is 5.74. The van der Waals surface area contributed by atoms with Gasteiger partial charge in [0, 0.05) is 7.11 Å². The van der Waals surface area contributed by atoms with E-state index in [1.165, 1.54) is 25.3 Å². The van der Waals surface area contributed by atoms with Gasteiger partial charge in [-0.2, -0.15) is 0 Å². The molecule has 0 saturated carbocycles. The minimum Gasteiger partial charge on any atom is -0.377 e. The number of aromatic nitrogens is 2. The molecule has 0 radical (unpaired) electrons. The van der Waals surface area contributed by atoms with Crippen LogP contribution in [0.3, 0.4) is 0 Å². The second kappa shape index (κ2) is 8.18. The summed E-state index contributed by atoms with van der Waals surface area (Å²) in [5.74, 6) is -1.49. The molecule has 2 aromatic rings. The van der Waals surface area contributed by atoms with Gasteiger partial charge >= 0.3 is 6.03 Å². The molecule has 1 aromatic heterocycles. The molecule has 11 heteroatoms. The molecule has 0 spiro atoms. The maximum atomic E-state index is 13.3. The van der Waals surface area contributed by atoms with Crippen molar-refractivity contribution in [2.75, 3.05) is 12.4 Å². The smallest absolute Gasteiger partial charge is 0.325 e. The molecule has 9 nitrogen and oxygen atoms in total. The molecule has 2 heterocycles. The lowest BCUT2D eigenvalue weighted by Gasteiger charge is -2.13. The Bertz CT molecular complexity index is 874. The first-order valence-electron chi connectivity index (χ1n) is 7.93. The number of amides is 4. The van der Waals surface area contributed by atoms with Crippen molar-refractivity contribution in [2.45, 2.75) is 25.6 Å². The van der Waals surface area contributed by atoms with E-state index in [4.69, 9.17) is 4.74 Å². The van der Waals surface area contributed by atoms with Crippen LogP contribution in [0.15, 0.2) is 24.3 Å². The number of carbonyl (C=O) groups is 3. The summed E-state index contributed by atoms with van der Waals surface area (Å²) in [6.45, 7) is 0.205. The van der Waals surface area contributed by atoms with Crippen LogP contribution in [-0.2, 0) is 27.5 Å². The molecule has 0 aliphatic carbocycles. The number of ether oxygens (including phenoxy) is 1. The van der Waals surface area contributed by atoms with E-state index in [0.29, 0.717) is 10.6 Å². The van der Waals surface area contributed by atoms with Gasteiger partial charge in [-0.15, -0.1) is 10.2 Å². The first kappa shape index (κ1) is 18.9. The predicted octanol–water partition coefficient (Wildman–Crippen LogP) is 1.27. The van der Waals surface area contributed by atoms with Gasteiger partial charge < -0.3 is 15.4 Å². The van der Waals surface area contributed by atoms with Gasteiger partial charge in [-0.3, -0.25) is 14.5 Å². The lowest BCUT2D eigenvalue weighted by Crippen LogP contribution is -2.34. The lowest BCUT2D eigenvalue weighted by atomic mass is 10.1. The van der Waals surface area contributed by atoms with E-state index in [9.17, 15) is 18.8 Å². The molecule has 27 heavy (non-hydrogen) atoms. The summed E-state index contributed by atoms with van der Waals surface area (Å²) in [4.78, 5) is 37.5. The van der Waals surface area contributed by atoms with Crippen LogP contribution in [0.1, 0.15) is 17.0 Å². The molecule has 1 aromatic carbocycles. The van der Waals surface area contributed by atoms with Gasteiger partial charge in [0.05, 0.1) is 13.0 Å². The van der Waals surface area contributed by atoms with Crippen LogP contribution < -0.4 is 10.6 Å². The maximum absolute atomic E-state index is 13.3. The largest absolute Gasteiger partial charge is 0.377 e. The van der Waals surface area contributed by atoms with Crippen molar-refractivity contribution in [2.24, 2.45) is 0 Å². The van der Waals surface area contributed by atoms with Crippen LogP contribution in [0, 0.1) is 5.82 Å². The first-order valence-corrected chi connectivity index (χ1v) is 8.75. The highest BCUT2D eigenvalue weighted by Gasteiger charge is 2.39. The van der Waals surface area contributed by atoms with Gasteiger partial charge in [0.1, 0.15) is 23.5 Å². The normalized spacial score (nSPS) is 16.5. The topological polar surface area (TPSA) is 114 Å². The molecular weight excluding hydrogens is 377 g/mol. The monoisotopic (exact) mass is 393 g/mol. The molecule has 1 atom stereocenters. The van der Waals surface area contributed by atoms with E-state index in [2.05, 4.69) is 20.8 Å². The summed E-state index contributed by atoms with van der Waals surface area (Å²) in [7, 11) is 1.52. The van der Waals surface area contributed by atoms with Crippen molar-refractivity contribution >= 4 is 34.3 Å². The van der Waals surface area contributed by atoms with E-state index in [1.54, 1.807) is 6.07 Å². The number of anilines is 1. The Hall–Kier alpha value is -2.92. The van der Waals surface area contributed by atoms with Gasteiger partial charge in [0.15, 0.2) is 0 Å². The minimum absolute atomic E-state index is 0.0721. The maximum Gasteiger partial charge on any atom is 0.325 e. The Morgan fingerprint density at radius 2 is 2.22 bits per heavy atom. The summed E-state index contributed by atoms with van der Waals surface area (Å²) in [6, 6.07) is 4.00. The highest BCUT2D eigenvalue weighted by molar-refractivity contribution is 7.15. The number of halogens is 1. The number of rotatable bonds is 7. The highest BCUT2D eigenvalue weighted by atomic mass is 32.1. The summed E-state index contributed by atoms with van der Waals surface area (Å²) in [5, 5.41) is 13.5. The van der Waals surface area contributed by atoms with E-state index in [1.807, 2.05) is 0 Å². The number of methoxy groups -OCH3 is 1. The Labute approximate surface area is 157 Å². The highest BCUT2D eigenvalue weighted by Crippen LogP contribution is 2.18. The SMILES string of the molecule is COCc1nnc(NC(=O)C[C@H]2NC(=O)N(Cc3cccc(F)c3)C2=O)s1. The Balaban J connectivity index is 1.58. The summed E-state index contributed by atoms with van der Waals surface area (Å²) in [6.07, 6.45) is -0.247. The fourth-order valence-electron chi connectivity index (χ4n) is 2.52. The van der Waals surface area contributed by atoms with Crippen molar-refractivity contribution in [3.63, 3.8) is 0 Å². The van der Waals surface area contributed by atoms with Crippen LogP contribution in [0.25, 0.3) is 0 Å². The molecular formula is C16H16FN5O4S. The lowest BCUT2D eigenvalue weighted by molar-refractivity contribution is -0.130. The molecule has 0 unspecified atom stereocenters. The third-order valence-electron chi connectivity index (χ3n) is 3.71. The van der Waals surface area contributed by atoms with Gasteiger partial charge in [-0.25, -0.2) is 9.18 Å². The van der Waals surface area contributed by atoms with E-state index >= 15 is 0 Å².